The Balaban J connectivity index is 2.47. The van der Waals surface area contributed by atoms with Crippen LogP contribution in [0.4, 0.5) is 11.4 Å². The number of nitro benzene ring substituents is 1. The van der Waals surface area contributed by atoms with E-state index in [4.69, 9.17) is 0 Å². The molecule has 1 aromatic carbocycles. The fourth-order valence-corrected chi connectivity index (χ4v) is 2.02. The van der Waals surface area contributed by atoms with E-state index in [0.717, 1.165) is 6.42 Å². The van der Waals surface area contributed by atoms with Crippen LogP contribution in [0.5, 0.6) is 0 Å². The standard InChI is InChI=1S/C11H12N2O3/c1-8-6-7-11(14)12(8)9-4-2-3-5-10(9)13(15)16/h2-5,8H,6-7H2,1H3/t8-/m0/s1. The van der Waals surface area contributed by atoms with Gasteiger partial charge < -0.3 is 4.90 Å². The molecular formula is C11H12N2O3. The minimum atomic E-state index is -0.451. The number of anilines is 1. The number of para-hydroxylation sites is 2. The molecule has 2 rings (SSSR count). The number of carbonyl (C=O) groups excluding carboxylic acids is 1. The molecular weight excluding hydrogens is 208 g/mol. The Labute approximate surface area is 92.8 Å². The lowest BCUT2D eigenvalue weighted by Crippen LogP contribution is -2.31. The van der Waals surface area contributed by atoms with Gasteiger partial charge >= 0.3 is 0 Å². The van der Waals surface area contributed by atoms with Gasteiger partial charge in [-0.25, -0.2) is 0 Å². The topological polar surface area (TPSA) is 63.5 Å². The molecule has 0 aromatic heterocycles. The second-order valence-corrected chi connectivity index (χ2v) is 3.90. The number of nitrogens with zero attached hydrogens (tertiary/aromatic N) is 2. The Morgan fingerprint density at radius 1 is 1.44 bits per heavy atom. The Bertz CT molecular complexity index is 445. The third kappa shape index (κ3) is 1.64. The maximum Gasteiger partial charge on any atom is 0.292 e. The molecule has 0 radical (unpaired) electrons. The summed E-state index contributed by atoms with van der Waals surface area (Å²) in [7, 11) is 0. The zero-order valence-corrected chi connectivity index (χ0v) is 8.92. The molecule has 1 aliphatic rings. The fraction of sp³-hybridized carbons (Fsp3) is 0.364. The highest BCUT2D eigenvalue weighted by atomic mass is 16.6. The van der Waals surface area contributed by atoms with E-state index in [1.165, 1.54) is 11.0 Å². The maximum atomic E-state index is 11.7. The molecule has 1 fully saturated rings. The summed E-state index contributed by atoms with van der Waals surface area (Å²) in [5.41, 5.74) is 0.395. The Morgan fingerprint density at radius 2 is 2.12 bits per heavy atom. The van der Waals surface area contributed by atoms with Gasteiger partial charge in [0.05, 0.1) is 4.92 Å². The summed E-state index contributed by atoms with van der Waals surface area (Å²) >= 11 is 0. The smallest absolute Gasteiger partial charge is 0.292 e. The molecule has 0 spiro atoms. The quantitative estimate of drug-likeness (QED) is 0.566. The van der Waals surface area contributed by atoms with Crippen molar-refractivity contribution in [2.45, 2.75) is 25.8 Å². The Hall–Kier alpha value is -1.91. The number of hydrogen-bond acceptors (Lipinski definition) is 3. The van der Waals surface area contributed by atoms with Crippen LogP contribution in [-0.2, 0) is 4.79 Å². The third-order valence-corrected chi connectivity index (χ3v) is 2.82. The van der Waals surface area contributed by atoms with Gasteiger partial charge in [-0.05, 0) is 19.4 Å². The van der Waals surface area contributed by atoms with E-state index in [0.29, 0.717) is 12.1 Å². The zero-order chi connectivity index (χ0) is 11.7. The van der Waals surface area contributed by atoms with Crippen molar-refractivity contribution in [2.24, 2.45) is 0 Å². The van der Waals surface area contributed by atoms with Crippen molar-refractivity contribution in [1.82, 2.24) is 0 Å². The molecule has 84 valence electrons. The van der Waals surface area contributed by atoms with Crippen LogP contribution in [0, 0.1) is 10.1 Å². The van der Waals surface area contributed by atoms with Crippen molar-refractivity contribution in [2.75, 3.05) is 4.90 Å². The average Bonchev–Trinajstić information content (AvgIpc) is 2.58. The maximum absolute atomic E-state index is 11.7. The zero-order valence-electron chi connectivity index (χ0n) is 8.92. The van der Waals surface area contributed by atoms with Crippen molar-refractivity contribution in [3.63, 3.8) is 0 Å². The van der Waals surface area contributed by atoms with Gasteiger partial charge in [0, 0.05) is 18.5 Å². The summed E-state index contributed by atoms with van der Waals surface area (Å²) in [6.45, 7) is 1.90. The highest BCUT2D eigenvalue weighted by molar-refractivity contribution is 5.98. The van der Waals surface area contributed by atoms with Gasteiger partial charge in [-0.2, -0.15) is 0 Å². The van der Waals surface area contributed by atoms with Crippen LogP contribution < -0.4 is 4.90 Å². The molecule has 1 aromatic rings. The molecule has 1 amide bonds. The predicted molar refractivity (Wildman–Crippen MR) is 59.3 cm³/mol. The van der Waals surface area contributed by atoms with Crippen LogP contribution in [0.25, 0.3) is 0 Å². The van der Waals surface area contributed by atoms with Crippen LogP contribution in [0.15, 0.2) is 24.3 Å². The average molecular weight is 220 g/mol. The minimum Gasteiger partial charge on any atom is -0.304 e. The van der Waals surface area contributed by atoms with Crippen molar-refractivity contribution in [1.29, 1.82) is 0 Å². The monoisotopic (exact) mass is 220 g/mol. The molecule has 1 aliphatic heterocycles. The van der Waals surface area contributed by atoms with Gasteiger partial charge in [0.15, 0.2) is 0 Å². The van der Waals surface area contributed by atoms with Gasteiger partial charge in [0.25, 0.3) is 5.69 Å². The third-order valence-electron chi connectivity index (χ3n) is 2.82. The lowest BCUT2D eigenvalue weighted by atomic mass is 10.2. The first kappa shape index (κ1) is 10.6. The first-order valence-corrected chi connectivity index (χ1v) is 5.16. The van der Waals surface area contributed by atoms with E-state index in [9.17, 15) is 14.9 Å². The first-order valence-electron chi connectivity index (χ1n) is 5.16. The molecule has 5 nitrogen and oxygen atoms in total. The van der Waals surface area contributed by atoms with Gasteiger partial charge in [0.1, 0.15) is 5.69 Å². The number of rotatable bonds is 2. The van der Waals surface area contributed by atoms with E-state index in [2.05, 4.69) is 0 Å². The molecule has 0 unspecified atom stereocenters. The summed E-state index contributed by atoms with van der Waals surface area (Å²) < 4.78 is 0. The van der Waals surface area contributed by atoms with Crippen LogP contribution in [0.2, 0.25) is 0 Å². The molecule has 0 bridgehead atoms. The molecule has 16 heavy (non-hydrogen) atoms. The summed E-state index contributed by atoms with van der Waals surface area (Å²) in [6.07, 6.45) is 1.22. The van der Waals surface area contributed by atoms with Crippen LogP contribution in [-0.4, -0.2) is 16.9 Å². The fourth-order valence-electron chi connectivity index (χ4n) is 2.02. The molecule has 1 atom stereocenters. The van der Waals surface area contributed by atoms with Gasteiger partial charge in [0.2, 0.25) is 5.91 Å². The van der Waals surface area contributed by atoms with Crippen LogP contribution >= 0.6 is 0 Å². The first-order chi connectivity index (χ1) is 7.61. The second-order valence-electron chi connectivity index (χ2n) is 3.90. The molecule has 0 N–H and O–H groups in total. The van der Waals surface area contributed by atoms with Gasteiger partial charge in [-0.3, -0.25) is 14.9 Å². The van der Waals surface area contributed by atoms with E-state index in [1.807, 2.05) is 6.92 Å². The summed E-state index contributed by atoms with van der Waals surface area (Å²) in [6, 6.07) is 6.40. The SMILES string of the molecule is C[C@H]1CCC(=O)N1c1ccccc1[N+](=O)[O-]. The Morgan fingerprint density at radius 3 is 2.69 bits per heavy atom. The van der Waals surface area contributed by atoms with Gasteiger partial charge in [-0.15, -0.1) is 0 Å². The van der Waals surface area contributed by atoms with Crippen molar-refractivity contribution >= 4 is 17.3 Å². The highest BCUT2D eigenvalue weighted by Gasteiger charge is 2.32. The van der Waals surface area contributed by atoms with Crippen molar-refractivity contribution in [3.8, 4) is 0 Å². The van der Waals surface area contributed by atoms with Gasteiger partial charge in [-0.1, -0.05) is 12.1 Å². The van der Waals surface area contributed by atoms with Crippen LogP contribution in [0.3, 0.4) is 0 Å². The molecule has 1 heterocycles. The van der Waals surface area contributed by atoms with E-state index in [-0.39, 0.29) is 17.6 Å². The molecule has 5 heteroatoms. The number of benzene rings is 1. The summed E-state index contributed by atoms with van der Waals surface area (Å²) in [5.74, 6) is -0.0400. The number of carbonyl (C=O) groups is 1. The number of amides is 1. The van der Waals surface area contributed by atoms with E-state index in [1.54, 1.807) is 18.2 Å². The van der Waals surface area contributed by atoms with E-state index >= 15 is 0 Å². The lowest BCUT2D eigenvalue weighted by Gasteiger charge is -2.21. The number of hydrogen-bond donors (Lipinski definition) is 0. The summed E-state index contributed by atoms with van der Waals surface area (Å²) in [5, 5.41) is 10.9. The Kier molecular flexibility index (Phi) is 2.60. The highest BCUT2D eigenvalue weighted by Crippen LogP contribution is 2.33. The molecule has 0 aliphatic carbocycles. The number of nitro groups is 1. The minimum absolute atomic E-state index is 0.00963. The van der Waals surface area contributed by atoms with Crippen molar-refractivity contribution < 1.29 is 9.72 Å². The lowest BCUT2D eigenvalue weighted by molar-refractivity contribution is -0.384. The predicted octanol–water partition coefficient (Wildman–Crippen LogP) is 2.11. The van der Waals surface area contributed by atoms with E-state index < -0.39 is 4.92 Å². The van der Waals surface area contributed by atoms with Crippen LogP contribution in [0.1, 0.15) is 19.8 Å². The second kappa shape index (κ2) is 3.92. The molecule has 0 saturated carbocycles. The largest absolute Gasteiger partial charge is 0.304 e. The van der Waals surface area contributed by atoms with Crippen molar-refractivity contribution in [3.05, 3.63) is 34.4 Å². The summed E-state index contributed by atoms with van der Waals surface area (Å²) in [4.78, 5) is 23.6. The normalized spacial score (nSPS) is 20.2. The molecule has 1 saturated heterocycles.